The molecule has 0 aliphatic heterocycles. The van der Waals surface area contributed by atoms with E-state index in [9.17, 15) is 4.79 Å². The second-order valence-corrected chi connectivity index (χ2v) is 8.58. The molecule has 0 N–H and O–H groups in total. The molecule has 0 bridgehead atoms. The fraction of sp³-hybridized carbons (Fsp3) is 0.444. The number of hydrogen-bond donors (Lipinski definition) is 0. The minimum absolute atomic E-state index is 0.333. The summed E-state index contributed by atoms with van der Waals surface area (Å²) in [6.07, 6.45) is 2.93. The Morgan fingerprint density at radius 1 is 1.00 bits per heavy atom. The van der Waals surface area contributed by atoms with Gasteiger partial charge in [-0.05, 0) is 88.4 Å². The van der Waals surface area contributed by atoms with Crippen LogP contribution < -0.4 is 9.47 Å². The van der Waals surface area contributed by atoms with Crippen LogP contribution in [0.3, 0.4) is 0 Å². The SMILES string of the molecule is CCCn1c(C)c(CCc2ccc(OC)cc2)c2cc(OC(C)(C)C(=O)OCC)ccc21. The minimum Gasteiger partial charge on any atom is -0.497 e. The first-order valence-corrected chi connectivity index (χ1v) is 11.4. The number of aryl methyl sites for hydroxylation is 3. The van der Waals surface area contributed by atoms with E-state index in [1.54, 1.807) is 27.9 Å². The summed E-state index contributed by atoms with van der Waals surface area (Å²) in [6, 6.07) is 14.4. The van der Waals surface area contributed by atoms with Crippen LogP contribution in [-0.4, -0.2) is 29.9 Å². The van der Waals surface area contributed by atoms with Crippen LogP contribution in [0.15, 0.2) is 42.5 Å². The molecule has 3 rings (SSSR count). The maximum absolute atomic E-state index is 12.3. The zero-order valence-corrected chi connectivity index (χ0v) is 20.2. The van der Waals surface area contributed by atoms with Crippen molar-refractivity contribution in [2.24, 2.45) is 0 Å². The highest BCUT2D eigenvalue weighted by Crippen LogP contribution is 2.32. The van der Waals surface area contributed by atoms with Gasteiger partial charge in [-0.15, -0.1) is 0 Å². The number of hydrogen-bond acceptors (Lipinski definition) is 4. The first-order valence-electron chi connectivity index (χ1n) is 11.4. The molecule has 0 atom stereocenters. The summed E-state index contributed by atoms with van der Waals surface area (Å²) in [5.74, 6) is 1.19. The van der Waals surface area contributed by atoms with E-state index in [1.165, 1.54) is 27.7 Å². The van der Waals surface area contributed by atoms with Gasteiger partial charge in [-0.2, -0.15) is 0 Å². The molecule has 5 heteroatoms. The van der Waals surface area contributed by atoms with E-state index in [0.717, 1.165) is 31.6 Å². The molecule has 0 amide bonds. The van der Waals surface area contributed by atoms with Gasteiger partial charge in [0.25, 0.3) is 0 Å². The van der Waals surface area contributed by atoms with Crippen molar-refractivity contribution in [3.05, 3.63) is 59.3 Å². The van der Waals surface area contributed by atoms with Crippen molar-refractivity contribution >= 4 is 16.9 Å². The minimum atomic E-state index is -1.05. The predicted octanol–water partition coefficient (Wildman–Crippen LogP) is 5.87. The van der Waals surface area contributed by atoms with Gasteiger partial charge in [0.15, 0.2) is 5.60 Å². The molecule has 0 aliphatic rings. The van der Waals surface area contributed by atoms with E-state index in [1.807, 2.05) is 18.2 Å². The summed E-state index contributed by atoms with van der Waals surface area (Å²) < 4.78 is 18.9. The number of ether oxygens (including phenoxy) is 3. The highest BCUT2D eigenvalue weighted by Gasteiger charge is 2.31. The lowest BCUT2D eigenvalue weighted by atomic mass is 10.0. The third kappa shape index (κ3) is 5.09. The number of benzene rings is 2. The molecule has 0 fully saturated rings. The molecular weight excluding hydrogens is 402 g/mol. The number of methoxy groups -OCH3 is 1. The Balaban J connectivity index is 1.93. The zero-order chi connectivity index (χ0) is 23.3. The normalized spacial score (nSPS) is 11.6. The lowest BCUT2D eigenvalue weighted by molar-refractivity contribution is -0.158. The van der Waals surface area contributed by atoms with Crippen molar-refractivity contribution in [3.63, 3.8) is 0 Å². The Morgan fingerprint density at radius 3 is 2.31 bits per heavy atom. The van der Waals surface area contributed by atoms with Crippen LogP contribution >= 0.6 is 0 Å². The third-order valence-corrected chi connectivity index (χ3v) is 5.84. The third-order valence-electron chi connectivity index (χ3n) is 5.84. The second-order valence-electron chi connectivity index (χ2n) is 8.58. The molecule has 1 heterocycles. The summed E-state index contributed by atoms with van der Waals surface area (Å²) in [6.45, 7) is 11.0. The monoisotopic (exact) mass is 437 g/mol. The molecule has 1 aromatic heterocycles. The quantitative estimate of drug-likeness (QED) is 0.372. The number of carbonyl (C=O) groups is 1. The molecule has 32 heavy (non-hydrogen) atoms. The molecule has 0 spiro atoms. The summed E-state index contributed by atoms with van der Waals surface area (Å²) in [4.78, 5) is 12.3. The predicted molar refractivity (Wildman–Crippen MR) is 129 cm³/mol. The number of aromatic nitrogens is 1. The van der Waals surface area contributed by atoms with Crippen molar-refractivity contribution < 1.29 is 19.0 Å². The molecule has 0 saturated heterocycles. The van der Waals surface area contributed by atoms with Crippen molar-refractivity contribution in [1.29, 1.82) is 0 Å². The van der Waals surface area contributed by atoms with Crippen molar-refractivity contribution in [1.82, 2.24) is 4.57 Å². The van der Waals surface area contributed by atoms with E-state index in [2.05, 4.69) is 42.7 Å². The molecule has 172 valence electrons. The number of fused-ring (bicyclic) bond motifs is 1. The lowest BCUT2D eigenvalue weighted by Gasteiger charge is -2.24. The van der Waals surface area contributed by atoms with E-state index in [-0.39, 0.29) is 5.97 Å². The van der Waals surface area contributed by atoms with Crippen LogP contribution in [0.4, 0.5) is 0 Å². The highest BCUT2D eigenvalue weighted by atomic mass is 16.6. The number of rotatable bonds is 10. The Bertz CT molecular complexity index is 1060. The molecule has 3 aromatic rings. The van der Waals surface area contributed by atoms with Crippen LogP contribution in [0.1, 0.15) is 50.9 Å². The fourth-order valence-corrected chi connectivity index (χ4v) is 4.12. The van der Waals surface area contributed by atoms with Gasteiger partial charge in [0.05, 0.1) is 13.7 Å². The Labute approximate surface area is 191 Å². The summed E-state index contributed by atoms with van der Waals surface area (Å²) in [5, 5.41) is 1.18. The lowest BCUT2D eigenvalue weighted by Crippen LogP contribution is -2.39. The first-order chi connectivity index (χ1) is 15.3. The van der Waals surface area contributed by atoms with Gasteiger partial charge < -0.3 is 18.8 Å². The van der Waals surface area contributed by atoms with Gasteiger partial charge in [-0.3, -0.25) is 0 Å². The van der Waals surface area contributed by atoms with E-state index in [0.29, 0.717) is 12.4 Å². The van der Waals surface area contributed by atoms with Gasteiger partial charge in [-0.1, -0.05) is 19.1 Å². The molecule has 0 saturated carbocycles. The molecule has 0 unspecified atom stereocenters. The highest BCUT2D eigenvalue weighted by molar-refractivity contribution is 5.87. The van der Waals surface area contributed by atoms with Crippen LogP contribution in [0.2, 0.25) is 0 Å². The van der Waals surface area contributed by atoms with Crippen LogP contribution in [-0.2, 0) is 28.9 Å². The maximum atomic E-state index is 12.3. The second kappa shape index (κ2) is 10.1. The van der Waals surface area contributed by atoms with Crippen LogP contribution in [0.5, 0.6) is 11.5 Å². The Kier molecular flexibility index (Phi) is 7.49. The van der Waals surface area contributed by atoms with E-state index >= 15 is 0 Å². The van der Waals surface area contributed by atoms with Gasteiger partial charge in [-0.25, -0.2) is 4.79 Å². The fourth-order valence-electron chi connectivity index (χ4n) is 4.12. The Hall–Kier alpha value is -2.95. The zero-order valence-electron chi connectivity index (χ0n) is 20.2. The summed E-state index contributed by atoms with van der Waals surface area (Å²) >= 11 is 0. The molecule has 0 aliphatic carbocycles. The molecule has 5 nitrogen and oxygen atoms in total. The number of nitrogens with zero attached hydrogens (tertiary/aromatic N) is 1. The van der Waals surface area contributed by atoms with Crippen molar-refractivity contribution in [3.8, 4) is 11.5 Å². The largest absolute Gasteiger partial charge is 0.497 e. The molecule has 0 radical (unpaired) electrons. The van der Waals surface area contributed by atoms with Gasteiger partial charge in [0.2, 0.25) is 0 Å². The maximum Gasteiger partial charge on any atom is 0.349 e. The number of carbonyl (C=O) groups excluding carboxylic acids is 1. The van der Waals surface area contributed by atoms with Gasteiger partial charge >= 0.3 is 5.97 Å². The average molecular weight is 438 g/mol. The smallest absolute Gasteiger partial charge is 0.349 e. The molecule has 2 aromatic carbocycles. The summed E-state index contributed by atoms with van der Waals surface area (Å²) in [5.41, 5.74) is 4.04. The van der Waals surface area contributed by atoms with Crippen molar-refractivity contribution in [2.75, 3.05) is 13.7 Å². The number of esters is 1. The average Bonchev–Trinajstić information content (AvgIpc) is 3.03. The van der Waals surface area contributed by atoms with Gasteiger partial charge in [0, 0.05) is 23.1 Å². The summed E-state index contributed by atoms with van der Waals surface area (Å²) in [7, 11) is 1.68. The van der Waals surface area contributed by atoms with E-state index in [4.69, 9.17) is 14.2 Å². The van der Waals surface area contributed by atoms with Crippen molar-refractivity contribution in [2.45, 2.75) is 66.0 Å². The van der Waals surface area contributed by atoms with E-state index < -0.39 is 5.60 Å². The van der Waals surface area contributed by atoms with Gasteiger partial charge in [0.1, 0.15) is 11.5 Å². The first kappa shape index (κ1) is 23.7. The Morgan fingerprint density at radius 2 is 1.69 bits per heavy atom. The topological polar surface area (TPSA) is 49.7 Å². The van der Waals surface area contributed by atoms with Crippen LogP contribution in [0, 0.1) is 6.92 Å². The van der Waals surface area contributed by atoms with Crippen LogP contribution in [0.25, 0.3) is 10.9 Å². The standard InChI is InChI=1S/C27H35NO4/c1-7-17-28-19(3)23(15-11-20-9-12-21(30-6)13-10-20)24-18-22(14-16-25(24)28)32-27(4,5)26(29)31-8-2/h9-10,12-14,16,18H,7-8,11,15,17H2,1-6H3. The molecular formula is C27H35NO4.